The maximum absolute atomic E-state index is 12.9. The summed E-state index contributed by atoms with van der Waals surface area (Å²) < 4.78 is 29.0. The van der Waals surface area contributed by atoms with Crippen LogP contribution < -0.4 is 4.90 Å². The lowest BCUT2D eigenvalue weighted by Gasteiger charge is -2.34. The van der Waals surface area contributed by atoms with Gasteiger partial charge in [-0.1, -0.05) is 17.7 Å². The van der Waals surface area contributed by atoms with E-state index < -0.39 is 10.0 Å². The molecule has 0 radical (unpaired) electrons. The van der Waals surface area contributed by atoms with Crippen LogP contribution in [0.25, 0.3) is 5.82 Å². The third kappa shape index (κ3) is 3.98. The first-order valence-electron chi connectivity index (χ1n) is 9.21. The van der Waals surface area contributed by atoms with Crippen LogP contribution in [0.5, 0.6) is 0 Å². The lowest BCUT2D eigenvalue weighted by atomic mass is 10.3. The van der Waals surface area contributed by atoms with E-state index in [1.165, 1.54) is 16.7 Å². The molecule has 0 amide bonds. The molecule has 0 unspecified atom stereocenters. The Kier molecular flexibility index (Phi) is 5.28. The Morgan fingerprint density at radius 3 is 2.34 bits per heavy atom. The smallest absolute Gasteiger partial charge is 0.243 e. The predicted octanol–water partition coefficient (Wildman–Crippen LogP) is 2.44. The van der Waals surface area contributed by atoms with Crippen LogP contribution in [-0.2, 0) is 10.0 Å². The third-order valence-electron chi connectivity index (χ3n) is 4.86. The van der Waals surface area contributed by atoms with Gasteiger partial charge in [0.1, 0.15) is 12.1 Å². The zero-order chi connectivity index (χ0) is 20.6. The topological polar surface area (TPSA) is 84.2 Å². The van der Waals surface area contributed by atoms with Gasteiger partial charge in [-0.2, -0.15) is 9.40 Å². The number of aromatic nitrogens is 4. The molecule has 1 aliphatic rings. The molecule has 4 rings (SSSR count). The second kappa shape index (κ2) is 7.74. The molecule has 0 aliphatic carbocycles. The molecular formula is C19H21ClN6O2S. The van der Waals surface area contributed by atoms with Crippen LogP contribution in [0.2, 0.25) is 5.02 Å². The largest absolute Gasteiger partial charge is 0.354 e. The molecule has 0 spiro atoms. The van der Waals surface area contributed by atoms with Gasteiger partial charge >= 0.3 is 0 Å². The molecule has 3 aromatic rings. The second-order valence-electron chi connectivity index (χ2n) is 6.92. The molecule has 0 saturated carbocycles. The van der Waals surface area contributed by atoms with Crippen molar-refractivity contribution in [3.63, 3.8) is 0 Å². The van der Waals surface area contributed by atoms with Crippen molar-refractivity contribution in [2.45, 2.75) is 18.7 Å². The molecule has 0 bridgehead atoms. The fourth-order valence-electron chi connectivity index (χ4n) is 3.42. The first kappa shape index (κ1) is 19.8. The van der Waals surface area contributed by atoms with E-state index in [0.717, 1.165) is 17.2 Å². The summed E-state index contributed by atoms with van der Waals surface area (Å²) in [5, 5.41) is 4.87. The normalized spacial score (nSPS) is 15.6. The molecule has 10 heteroatoms. The summed E-state index contributed by atoms with van der Waals surface area (Å²) in [7, 11) is -3.57. The summed E-state index contributed by atoms with van der Waals surface area (Å²) in [6, 6.07) is 10.2. The first-order chi connectivity index (χ1) is 13.8. The van der Waals surface area contributed by atoms with E-state index in [1.807, 2.05) is 26.0 Å². The van der Waals surface area contributed by atoms with E-state index >= 15 is 0 Å². The van der Waals surface area contributed by atoms with Gasteiger partial charge in [-0.05, 0) is 38.1 Å². The Bertz CT molecular complexity index is 1140. The minimum Gasteiger partial charge on any atom is -0.354 e. The highest BCUT2D eigenvalue weighted by Crippen LogP contribution is 2.23. The number of hydrogen-bond acceptors (Lipinski definition) is 6. The van der Waals surface area contributed by atoms with Crippen LogP contribution in [0.4, 0.5) is 5.82 Å². The molecule has 2 aromatic heterocycles. The summed E-state index contributed by atoms with van der Waals surface area (Å²) in [5.74, 6) is 1.44. The Balaban J connectivity index is 1.50. The van der Waals surface area contributed by atoms with Crippen molar-refractivity contribution in [1.29, 1.82) is 0 Å². The Morgan fingerprint density at radius 2 is 1.69 bits per heavy atom. The van der Waals surface area contributed by atoms with E-state index in [0.29, 0.717) is 37.0 Å². The number of anilines is 1. The van der Waals surface area contributed by atoms with Gasteiger partial charge in [0.25, 0.3) is 0 Å². The number of halogens is 1. The highest BCUT2D eigenvalue weighted by molar-refractivity contribution is 7.89. The van der Waals surface area contributed by atoms with Crippen molar-refractivity contribution in [2.24, 2.45) is 0 Å². The number of sulfonamides is 1. The van der Waals surface area contributed by atoms with Crippen LogP contribution in [-0.4, -0.2) is 58.7 Å². The molecule has 1 aromatic carbocycles. The minimum absolute atomic E-state index is 0.215. The summed E-state index contributed by atoms with van der Waals surface area (Å²) >= 11 is 5.96. The van der Waals surface area contributed by atoms with Crippen molar-refractivity contribution in [3.05, 3.63) is 59.1 Å². The fraction of sp³-hybridized carbons (Fsp3) is 0.316. The van der Waals surface area contributed by atoms with E-state index in [9.17, 15) is 8.42 Å². The zero-order valence-corrected chi connectivity index (χ0v) is 17.7. The maximum atomic E-state index is 12.9. The summed E-state index contributed by atoms with van der Waals surface area (Å²) in [4.78, 5) is 11.0. The minimum atomic E-state index is -3.57. The van der Waals surface area contributed by atoms with Gasteiger partial charge in [0.05, 0.1) is 10.6 Å². The molecule has 0 N–H and O–H groups in total. The van der Waals surface area contributed by atoms with Crippen LogP contribution in [0.15, 0.2) is 47.6 Å². The fourth-order valence-corrected chi connectivity index (χ4v) is 5.14. The van der Waals surface area contributed by atoms with Crippen molar-refractivity contribution in [1.82, 2.24) is 24.1 Å². The van der Waals surface area contributed by atoms with Crippen LogP contribution in [0.1, 0.15) is 11.4 Å². The lowest BCUT2D eigenvalue weighted by Crippen LogP contribution is -2.49. The van der Waals surface area contributed by atoms with E-state index in [2.05, 4.69) is 20.0 Å². The van der Waals surface area contributed by atoms with Gasteiger partial charge in [0, 0.05) is 43.0 Å². The number of benzene rings is 1. The predicted molar refractivity (Wildman–Crippen MR) is 111 cm³/mol. The highest BCUT2D eigenvalue weighted by atomic mass is 35.5. The molecule has 29 heavy (non-hydrogen) atoms. The Labute approximate surface area is 174 Å². The zero-order valence-electron chi connectivity index (χ0n) is 16.2. The van der Waals surface area contributed by atoms with Gasteiger partial charge in [0.15, 0.2) is 5.82 Å². The quantitative estimate of drug-likeness (QED) is 0.629. The van der Waals surface area contributed by atoms with Crippen molar-refractivity contribution in [2.75, 3.05) is 31.1 Å². The summed E-state index contributed by atoms with van der Waals surface area (Å²) in [6.07, 6.45) is 1.51. The van der Waals surface area contributed by atoms with Gasteiger partial charge in [-0.15, -0.1) is 0 Å². The average Bonchev–Trinajstić information content (AvgIpc) is 3.06. The van der Waals surface area contributed by atoms with Gasteiger partial charge in [0.2, 0.25) is 10.0 Å². The summed E-state index contributed by atoms with van der Waals surface area (Å²) in [6.45, 7) is 5.72. The molecule has 1 saturated heterocycles. The first-order valence-corrected chi connectivity index (χ1v) is 11.0. The van der Waals surface area contributed by atoms with Crippen LogP contribution in [0, 0.1) is 13.8 Å². The van der Waals surface area contributed by atoms with Crippen molar-refractivity contribution < 1.29 is 8.42 Å². The van der Waals surface area contributed by atoms with Gasteiger partial charge < -0.3 is 4.90 Å². The number of aryl methyl sites for hydroxylation is 2. The Morgan fingerprint density at radius 1 is 0.966 bits per heavy atom. The Hall–Kier alpha value is -2.49. The molecule has 0 atom stereocenters. The number of rotatable bonds is 4. The van der Waals surface area contributed by atoms with Crippen molar-refractivity contribution in [3.8, 4) is 5.82 Å². The lowest BCUT2D eigenvalue weighted by molar-refractivity contribution is 0.383. The molecule has 8 nitrogen and oxygen atoms in total. The number of nitrogens with zero attached hydrogens (tertiary/aromatic N) is 6. The van der Waals surface area contributed by atoms with E-state index in [1.54, 1.807) is 22.9 Å². The van der Waals surface area contributed by atoms with Crippen LogP contribution >= 0.6 is 11.6 Å². The molecule has 152 valence electrons. The summed E-state index contributed by atoms with van der Waals surface area (Å²) in [5.41, 5.74) is 1.91. The molecular weight excluding hydrogens is 412 g/mol. The van der Waals surface area contributed by atoms with Crippen LogP contribution in [0.3, 0.4) is 0 Å². The van der Waals surface area contributed by atoms with Gasteiger partial charge in [-0.25, -0.2) is 23.1 Å². The third-order valence-corrected chi connectivity index (χ3v) is 6.99. The number of hydrogen-bond donors (Lipinski definition) is 0. The molecule has 1 fully saturated rings. The average molecular weight is 433 g/mol. The van der Waals surface area contributed by atoms with Crippen molar-refractivity contribution >= 4 is 27.4 Å². The highest BCUT2D eigenvalue weighted by Gasteiger charge is 2.29. The standard InChI is InChI=1S/C19H21ClN6O2S/c1-14-10-15(2)26(23-14)19-12-18(21-13-22-19)24-6-8-25(9-7-24)29(27,28)17-5-3-4-16(20)11-17/h3-5,10-13H,6-9H2,1-2H3. The van der Waals surface area contributed by atoms with E-state index in [-0.39, 0.29) is 4.90 Å². The monoisotopic (exact) mass is 432 g/mol. The molecule has 1 aliphatic heterocycles. The SMILES string of the molecule is Cc1cc(C)n(-c2cc(N3CCN(S(=O)(=O)c4cccc(Cl)c4)CC3)ncn2)n1. The van der Waals surface area contributed by atoms with Gasteiger partial charge in [-0.3, -0.25) is 0 Å². The molecule has 3 heterocycles. The second-order valence-corrected chi connectivity index (χ2v) is 9.30. The number of piperazine rings is 1. The van der Waals surface area contributed by atoms with E-state index in [4.69, 9.17) is 11.6 Å². The maximum Gasteiger partial charge on any atom is 0.243 e.